The highest BCUT2D eigenvalue weighted by atomic mass is 19.1. The summed E-state index contributed by atoms with van der Waals surface area (Å²) in [6.45, 7) is 12.1. The maximum Gasteiger partial charge on any atom is 0.462 e. The van der Waals surface area contributed by atoms with E-state index in [1.54, 1.807) is 4.48 Å². The number of aryl methyl sites for hydroxylation is 1. The molecule has 1 amide bonds. The number of nitrogens with zero attached hydrogens (tertiary/aromatic N) is 4. The zero-order chi connectivity index (χ0) is 20.3. The van der Waals surface area contributed by atoms with Gasteiger partial charge < -0.3 is 18.6 Å². The average Bonchev–Trinajstić information content (AvgIpc) is 3.22. The second-order valence-corrected chi connectivity index (χ2v) is 7.62. The number of amides is 1. The van der Waals surface area contributed by atoms with Crippen LogP contribution in [0.5, 0.6) is 0 Å². The standard InChI is InChI=1S/C21H30BFN4O/c1-5-25-10-12-26(13-11-25)21(28)9-8-18-6-7-19(27(18)22(4)23)15-20-16(2)14-17(3)24-20/h6-7,14-15H,5,8-13H2,1-4H3/b20-15-. The van der Waals surface area contributed by atoms with Crippen molar-refractivity contribution in [2.75, 3.05) is 32.7 Å². The van der Waals surface area contributed by atoms with Gasteiger partial charge in [-0.2, -0.15) is 0 Å². The minimum Gasteiger partial charge on any atom is -0.360 e. The van der Waals surface area contributed by atoms with Crippen molar-refractivity contribution in [2.24, 2.45) is 4.99 Å². The van der Waals surface area contributed by atoms with E-state index in [0.29, 0.717) is 12.8 Å². The molecule has 0 saturated carbocycles. The molecule has 0 unspecified atom stereocenters. The van der Waals surface area contributed by atoms with Crippen LogP contribution in [0.1, 0.15) is 38.6 Å². The molecule has 1 saturated heterocycles. The molecule has 3 rings (SSSR count). The van der Waals surface area contributed by atoms with Crippen molar-refractivity contribution < 1.29 is 9.11 Å². The van der Waals surface area contributed by atoms with Crippen LogP contribution >= 0.6 is 0 Å². The molecule has 5 nitrogen and oxygen atoms in total. The first kappa shape index (κ1) is 20.6. The Labute approximate surface area is 167 Å². The molecular weight excluding hydrogens is 354 g/mol. The van der Waals surface area contributed by atoms with Crippen LogP contribution in [0.4, 0.5) is 4.32 Å². The lowest BCUT2D eigenvalue weighted by Gasteiger charge is -2.34. The summed E-state index contributed by atoms with van der Waals surface area (Å²) in [6, 6.07) is 3.84. The quantitative estimate of drug-likeness (QED) is 0.707. The molecular formula is C21H30BFN4O. The van der Waals surface area contributed by atoms with E-state index in [2.05, 4.69) is 16.8 Å². The van der Waals surface area contributed by atoms with E-state index in [4.69, 9.17) is 0 Å². The number of piperazine rings is 1. The van der Waals surface area contributed by atoms with Gasteiger partial charge in [0.2, 0.25) is 5.91 Å². The van der Waals surface area contributed by atoms with Gasteiger partial charge in [0.05, 0.1) is 5.70 Å². The number of halogens is 1. The van der Waals surface area contributed by atoms with E-state index in [1.165, 1.54) is 6.82 Å². The molecule has 2 aliphatic rings. The summed E-state index contributed by atoms with van der Waals surface area (Å²) in [5.41, 5.74) is 4.55. The van der Waals surface area contributed by atoms with E-state index in [9.17, 15) is 9.11 Å². The van der Waals surface area contributed by atoms with Crippen molar-refractivity contribution in [3.8, 4) is 0 Å². The molecule has 0 aliphatic carbocycles. The first-order chi connectivity index (χ1) is 13.4. The van der Waals surface area contributed by atoms with Crippen LogP contribution in [0, 0.1) is 0 Å². The molecule has 0 bridgehead atoms. The summed E-state index contributed by atoms with van der Waals surface area (Å²) in [6.07, 6.45) is 4.90. The molecule has 0 atom stereocenters. The fourth-order valence-corrected chi connectivity index (χ4v) is 3.95. The second-order valence-electron chi connectivity index (χ2n) is 7.62. The highest BCUT2D eigenvalue weighted by molar-refractivity contribution is 6.48. The predicted molar refractivity (Wildman–Crippen MR) is 114 cm³/mol. The predicted octanol–water partition coefficient (Wildman–Crippen LogP) is 3.28. The monoisotopic (exact) mass is 384 g/mol. The van der Waals surface area contributed by atoms with E-state index >= 15 is 0 Å². The first-order valence-electron chi connectivity index (χ1n) is 10.2. The Hall–Kier alpha value is -2.15. The SMILES string of the molecule is CCN1CCN(C(=O)CCc2ccc(/C=C3\N=C(C)C=C3C)n2B(C)F)CC1. The van der Waals surface area contributed by atoms with Crippen LogP contribution in [0.15, 0.2) is 34.5 Å². The summed E-state index contributed by atoms with van der Waals surface area (Å²) in [7, 11) is -1.16. The Morgan fingerprint density at radius 2 is 1.96 bits per heavy atom. The highest BCUT2D eigenvalue weighted by Crippen LogP contribution is 2.23. The Kier molecular flexibility index (Phi) is 6.55. The first-order valence-corrected chi connectivity index (χ1v) is 10.2. The van der Waals surface area contributed by atoms with Gasteiger partial charge >= 0.3 is 7.12 Å². The third kappa shape index (κ3) is 4.63. The molecule has 0 N–H and O–H groups in total. The molecule has 1 aromatic heterocycles. The fourth-order valence-electron chi connectivity index (χ4n) is 3.95. The van der Waals surface area contributed by atoms with Crippen LogP contribution in [0.3, 0.4) is 0 Å². The van der Waals surface area contributed by atoms with Crippen molar-refractivity contribution in [2.45, 2.75) is 40.4 Å². The molecule has 0 aromatic carbocycles. The van der Waals surface area contributed by atoms with Gasteiger partial charge in [-0.1, -0.05) is 6.92 Å². The molecule has 3 heterocycles. The number of allylic oxidation sites excluding steroid dienone is 2. The Balaban J connectivity index is 1.68. The molecule has 0 radical (unpaired) electrons. The number of carbonyl (C=O) groups is 1. The number of hydrogen-bond acceptors (Lipinski definition) is 3. The summed E-state index contributed by atoms with van der Waals surface area (Å²) in [5, 5.41) is 0. The fraction of sp³-hybridized carbons (Fsp3) is 0.524. The van der Waals surface area contributed by atoms with Gasteiger partial charge in [-0.25, -0.2) is 0 Å². The summed E-state index contributed by atoms with van der Waals surface area (Å²) in [5.74, 6) is 0.157. The van der Waals surface area contributed by atoms with Gasteiger partial charge in [-0.05, 0) is 63.5 Å². The van der Waals surface area contributed by atoms with Crippen LogP contribution in [0.25, 0.3) is 6.08 Å². The third-order valence-corrected chi connectivity index (χ3v) is 5.57. The normalized spacial score (nSPS) is 19.2. The van der Waals surface area contributed by atoms with E-state index < -0.39 is 7.12 Å². The lowest BCUT2D eigenvalue weighted by molar-refractivity contribution is -0.132. The topological polar surface area (TPSA) is 40.8 Å². The van der Waals surface area contributed by atoms with Crippen molar-refractivity contribution >= 4 is 24.8 Å². The maximum absolute atomic E-state index is 14.4. The van der Waals surface area contributed by atoms with Crippen LogP contribution in [-0.2, 0) is 11.2 Å². The number of carbonyl (C=O) groups excluding carboxylic acids is 1. The van der Waals surface area contributed by atoms with E-state index in [1.807, 2.05) is 43.0 Å². The molecule has 150 valence electrons. The molecule has 7 heteroatoms. The van der Waals surface area contributed by atoms with E-state index in [-0.39, 0.29) is 5.91 Å². The number of likely N-dealkylation sites (N-methyl/N-ethyl adjacent to an activating group) is 1. The van der Waals surface area contributed by atoms with Gasteiger partial charge in [-0.3, -0.25) is 9.79 Å². The van der Waals surface area contributed by atoms with Crippen molar-refractivity contribution in [3.63, 3.8) is 0 Å². The average molecular weight is 384 g/mol. The second kappa shape index (κ2) is 8.90. The van der Waals surface area contributed by atoms with Crippen LogP contribution in [-0.4, -0.2) is 65.7 Å². The highest BCUT2D eigenvalue weighted by Gasteiger charge is 2.22. The smallest absolute Gasteiger partial charge is 0.360 e. The summed E-state index contributed by atoms with van der Waals surface area (Å²) in [4.78, 5) is 21.4. The lowest BCUT2D eigenvalue weighted by Crippen LogP contribution is -2.48. The lowest BCUT2D eigenvalue weighted by atomic mass is 9.90. The van der Waals surface area contributed by atoms with Gasteiger partial charge in [0.25, 0.3) is 0 Å². The number of aliphatic imine (C=N–C) groups is 1. The maximum atomic E-state index is 14.4. The minimum atomic E-state index is -1.16. The molecule has 28 heavy (non-hydrogen) atoms. The molecule has 2 aliphatic heterocycles. The Morgan fingerprint density at radius 3 is 2.54 bits per heavy atom. The van der Waals surface area contributed by atoms with Crippen LogP contribution < -0.4 is 0 Å². The minimum absolute atomic E-state index is 0.157. The zero-order valence-corrected chi connectivity index (χ0v) is 17.4. The Bertz CT molecular complexity index is 816. The molecule has 1 fully saturated rings. The van der Waals surface area contributed by atoms with Gasteiger partial charge in [0, 0.05) is 49.7 Å². The number of hydrogen-bond donors (Lipinski definition) is 0. The number of rotatable bonds is 6. The van der Waals surface area contributed by atoms with Crippen LogP contribution in [0.2, 0.25) is 6.82 Å². The van der Waals surface area contributed by atoms with Gasteiger partial charge in [-0.15, -0.1) is 0 Å². The third-order valence-electron chi connectivity index (χ3n) is 5.57. The zero-order valence-electron chi connectivity index (χ0n) is 17.4. The van der Waals surface area contributed by atoms with Gasteiger partial charge in [0.1, 0.15) is 0 Å². The summed E-state index contributed by atoms with van der Waals surface area (Å²) < 4.78 is 16.1. The van der Waals surface area contributed by atoms with Gasteiger partial charge in [0.15, 0.2) is 0 Å². The Morgan fingerprint density at radius 1 is 1.25 bits per heavy atom. The van der Waals surface area contributed by atoms with Crippen molar-refractivity contribution in [3.05, 3.63) is 40.9 Å². The molecule has 1 aromatic rings. The van der Waals surface area contributed by atoms with Crippen molar-refractivity contribution in [1.82, 2.24) is 14.3 Å². The molecule has 0 spiro atoms. The van der Waals surface area contributed by atoms with Crippen molar-refractivity contribution in [1.29, 1.82) is 0 Å². The summed E-state index contributed by atoms with van der Waals surface area (Å²) >= 11 is 0. The van der Waals surface area contributed by atoms with E-state index in [0.717, 1.165) is 61.1 Å². The largest absolute Gasteiger partial charge is 0.462 e. The number of aromatic nitrogens is 1.